The van der Waals surface area contributed by atoms with Crippen molar-refractivity contribution in [2.45, 2.75) is 71.6 Å². The van der Waals surface area contributed by atoms with Crippen LogP contribution in [0.25, 0.3) is 0 Å². The van der Waals surface area contributed by atoms with Gasteiger partial charge in [-0.3, -0.25) is 4.79 Å². The van der Waals surface area contributed by atoms with Crippen LogP contribution >= 0.6 is 0 Å². The van der Waals surface area contributed by atoms with Gasteiger partial charge >= 0.3 is 5.97 Å². The number of ether oxygens (including phenoxy) is 1. The van der Waals surface area contributed by atoms with Gasteiger partial charge in [-0.2, -0.15) is 0 Å². The van der Waals surface area contributed by atoms with Crippen molar-refractivity contribution in [2.24, 2.45) is 5.41 Å². The number of methoxy groups -OCH3 is 1. The Morgan fingerprint density at radius 3 is 1.94 bits per heavy atom. The molecule has 3 nitrogen and oxygen atoms in total. The smallest absolute Gasteiger partial charge is 0.311 e. The van der Waals surface area contributed by atoms with Gasteiger partial charge in [-0.25, -0.2) is 0 Å². The van der Waals surface area contributed by atoms with Crippen molar-refractivity contribution in [3.05, 3.63) is 0 Å². The number of carbonyl (C=O) groups excluding carboxylic acids is 1. The van der Waals surface area contributed by atoms with Crippen molar-refractivity contribution in [1.29, 1.82) is 0 Å². The third-order valence-electron chi connectivity index (χ3n) is 4.04. The molecule has 0 aromatic rings. The monoisotopic (exact) mass is 258 g/mol. The minimum Gasteiger partial charge on any atom is -0.469 e. The van der Waals surface area contributed by atoms with Gasteiger partial charge in [0, 0.05) is 6.61 Å². The zero-order valence-corrected chi connectivity index (χ0v) is 12.3. The molecule has 0 heterocycles. The molecule has 0 aliphatic carbocycles. The Kier molecular flexibility index (Phi) is 10.0. The predicted octanol–water partition coefficient (Wildman–Crippen LogP) is 3.69. The van der Waals surface area contributed by atoms with Crippen molar-refractivity contribution < 1.29 is 14.6 Å². The van der Waals surface area contributed by atoms with Gasteiger partial charge in [0.1, 0.15) is 0 Å². The molecule has 0 radical (unpaired) electrons. The van der Waals surface area contributed by atoms with Crippen LogP contribution in [-0.2, 0) is 9.53 Å². The van der Waals surface area contributed by atoms with E-state index < -0.39 is 0 Å². The molecule has 0 rings (SSSR count). The molecule has 18 heavy (non-hydrogen) atoms. The maximum atomic E-state index is 11.9. The molecule has 0 aromatic carbocycles. The second kappa shape index (κ2) is 10.4. The third-order valence-corrected chi connectivity index (χ3v) is 4.04. The van der Waals surface area contributed by atoms with Gasteiger partial charge in [-0.05, 0) is 25.7 Å². The molecule has 0 aromatic heterocycles. The number of rotatable bonds is 11. The fourth-order valence-corrected chi connectivity index (χ4v) is 2.49. The van der Waals surface area contributed by atoms with Crippen LogP contribution in [0.2, 0.25) is 0 Å². The van der Waals surface area contributed by atoms with E-state index in [0.717, 1.165) is 38.5 Å². The first-order valence-electron chi connectivity index (χ1n) is 7.36. The van der Waals surface area contributed by atoms with Gasteiger partial charge in [0.15, 0.2) is 0 Å². The van der Waals surface area contributed by atoms with E-state index in [1.807, 2.05) is 0 Å². The van der Waals surface area contributed by atoms with Crippen LogP contribution in [0.15, 0.2) is 0 Å². The van der Waals surface area contributed by atoms with Crippen molar-refractivity contribution in [3.63, 3.8) is 0 Å². The van der Waals surface area contributed by atoms with Crippen molar-refractivity contribution in [1.82, 2.24) is 0 Å². The van der Waals surface area contributed by atoms with Crippen LogP contribution in [0, 0.1) is 5.41 Å². The highest BCUT2D eigenvalue weighted by Crippen LogP contribution is 2.34. The number of hydrogen-bond acceptors (Lipinski definition) is 3. The zero-order valence-electron chi connectivity index (χ0n) is 12.3. The summed E-state index contributed by atoms with van der Waals surface area (Å²) < 4.78 is 4.94. The minimum atomic E-state index is -0.264. The predicted molar refractivity (Wildman–Crippen MR) is 74.4 cm³/mol. The molecule has 0 saturated carbocycles. The maximum Gasteiger partial charge on any atom is 0.311 e. The van der Waals surface area contributed by atoms with E-state index in [1.165, 1.54) is 26.4 Å². The highest BCUT2D eigenvalue weighted by atomic mass is 16.5. The highest BCUT2D eigenvalue weighted by Gasteiger charge is 2.35. The molecule has 1 N–H and O–H groups in total. The van der Waals surface area contributed by atoms with Crippen LogP contribution in [-0.4, -0.2) is 24.8 Å². The molecule has 0 bridgehead atoms. The lowest BCUT2D eigenvalue weighted by Gasteiger charge is -2.28. The summed E-state index contributed by atoms with van der Waals surface area (Å²) in [5, 5.41) is 8.68. The Morgan fingerprint density at radius 1 is 1.00 bits per heavy atom. The lowest BCUT2D eigenvalue weighted by molar-refractivity contribution is -0.154. The lowest BCUT2D eigenvalue weighted by Crippen LogP contribution is -2.31. The molecular formula is C15H30O3. The number of carbonyl (C=O) groups is 1. The number of aliphatic hydroxyl groups is 1. The van der Waals surface area contributed by atoms with E-state index in [-0.39, 0.29) is 11.4 Å². The lowest BCUT2D eigenvalue weighted by atomic mass is 9.77. The van der Waals surface area contributed by atoms with Crippen LogP contribution in [0.5, 0.6) is 0 Å². The summed E-state index contributed by atoms with van der Waals surface area (Å²) in [5.41, 5.74) is -0.264. The molecule has 0 aliphatic rings. The summed E-state index contributed by atoms with van der Waals surface area (Å²) in [5.74, 6) is -0.0484. The van der Waals surface area contributed by atoms with E-state index in [4.69, 9.17) is 9.84 Å². The first-order valence-corrected chi connectivity index (χ1v) is 7.36. The minimum absolute atomic E-state index is 0.0484. The highest BCUT2D eigenvalue weighted by molar-refractivity contribution is 5.76. The average molecular weight is 258 g/mol. The number of hydrogen-bond donors (Lipinski definition) is 1. The molecule has 0 saturated heterocycles. The van der Waals surface area contributed by atoms with E-state index >= 15 is 0 Å². The van der Waals surface area contributed by atoms with Crippen LogP contribution < -0.4 is 0 Å². The molecule has 0 unspecified atom stereocenters. The average Bonchev–Trinajstić information content (AvgIpc) is 2.42. The topological polar surface area (TPSA) is 46.5 Å². The Bertz CT molecular complexity index is 210. The molecule has 108 valence electrons. The second-order valence-electron chi connectivity index (χ2n) is 5.07. The zero-order chi connectivity index (χ0) is 13.9. The molecule has 0 fully saturated rings. The molecule has 3 heteroatoms. The van der Waals surface area contributed by atoms with E-state index in [1.54, 1.807) is 0 Å². The van der Waals surface area contributed by atoms with E-state index in [9.17, 15) is 4.79 Å². The normalized spacial score (nSPS) is 11.6. The van der Waals surface area contributed by atoms with E-state index in [0.29, 0.717) is 6.61 Å². The fraction of sp³-hybridized carbons (Fsp3) is 0.933. The first kappa shape index (κ1) is 17.4. The number of unbranched alkanes of at least 4 members (excludes halogenated alkanes) is 5. The van der Waals surface area contributed by atoms with Gasteiger partial charge in [-0.1, -0.05) is 46.0 Å². The molecular weight excluding hydrogens is 228 g/mol. The van der Waals surface area contributed by atoms with Crippen LogP contribution in [0.1, 0.15) is 71.6 Å². The summed E-state index contributed by atoms with van der Waals surface area (Å²) in [6.45, 7) is 4.44. The van der Waals surface area contributed by atoms with Gasteiger partial charge in [-0.15, -0.1) is 0 Å². The summed E-state index contributed by atoms with van der Waals surface area (Å²) in [6.07, 6.45) is 9.33. The summed E-state index contributed by atoms with van der Waals surface area (Å²) in [6, 6.07) is 0. The van der Waals surface area contributed by atoms with E-state index in [2.05, 4.69) is 13.8 Å². The molecule has 0 aliphatic heterocycles. The van der Waals surface area contributed by atoms with Crippen LogP contribution in [0.4, 0.5) is 0 Å². The summed E-state index contributed by atoms with van der Waals surface area (Å²) in [4.78, 5) is 11.9. The first-order chi connectivity index (χ1) is 8.66. The Morgan fingerprint density at radius 2 is 1.50 bits per heavy atom. The fourth-order valence-electron chi connectivity index (χ4n) is 2.49. The van der Waals surface area contributed by atoms with Gasteiger partial charge in [0.2, 0.25) is 0 Å². The third kappa shape index (κ3) is 5.85. The SMILES string of the molecule is CCC(CC)(CCCCCCCCO)C(=O)OC. The van der Waals surface area contributed by atoms with Gasteiger partial charge in [0.05, 0.1) is 12.5 Å². The van der Waals surface area contributed by atoms with Gasteiger partial charge in [0.25, 0.3) is 0 Å². The molecule has 0 atom stereocenters. The maximum absolute atomic E-state index is 11.9. The largest absolute Gasteiger partial charge is 0.469 e. The van der Waals surface area contributed by atoms with Gasteiger partial charge < -0.3 is 9.84 Å². The Balaban J connectivity index is 3.88. The van der Waals surface area contributed by atoms with Crippen molar-refractivity contribution >= 4 is 5.97 Å². The van der Waals surface area contributed by atoms with Crippen LogP contribution in [0.3, 0.4) is 0 Å². The Hall–Kier alpha value is -0.570. The second-order valence-corrected chi connectivity index (χ2v) is 5.07. The molecule has 0 spiro atoms. The molecule has 0 amide bonds. The Labute approximate surface area is 112 Å². The summed E-state index contributed by atoms with van der Waals surface area (Å²) >= 11 is 0. The standard InChI is InChI=1S/C15H30O3/c1-4-15(5-2,14(17)18-3)12-10-8-6-7-9-11-13-16/h16H,4-13H2,1-3H3. The number of esters is 1. The number of aliphatic hydroxyl groups excluding tert-OH is 1. The quantitative estimate of drug-likeness (QED) is 0.454. The summed E-state index contributed by atoms with van der Waals surface area (Å²) in [7, 11) is 1.48. The van der Waals surface area contributed by atoms with Crippen molar-refractivity contribution in [2.75, 3.05) is 13.7 Å². The van der Waals surface area contributed by atoms with Crippen molar-refractivity contribution in [3.8, 4) is 0 Å².